The molecule has 1 aliphatic rings. The highest BCUT2D eigenvalue weighted by molar-refractivity contribution is 6.76. The maximum Gasteiger partial charge on any atom is 0.336 e. The van der Waals surface area contributed by atoms with E-state index in [0.29, 0.717) is 19.4 Å². The number of carboxylic acid groups (broad SMARTS) is 1. The molecule has 5 heteroatoms. The molecule has 0 aromatic rings. The van der Waals surface area contributed by atoms with Crippen LogP contribution in [0, 0.1) is 0 Å². The van der Waals surface area contributed by atoms with Crippen LogP contribution in [-0.4, -0.2) is 38.2 Å². The molecule has 0 spiro atoms. The summed E-state index contributed by atoms with van der Waals surface area (Å²) in [5, 5.41) is 9.30. The van der Waals surface area contributed by atoms with Crippen molar-refractivity contribution in [1.82, 2.24) is 0 Å². The molecule has 0 bridgehead atoms. The lowest BCUT2D eigenvalue weighted by Gasteiger charge is -2.32. The lowest BCUT2D eigenvalue weighted by molar-refractivity contribution is -0.191. The number of carbonyl (C=O) groups is 1. The average molecular weight is 274 g/mol. The van der Waals surface area contributed by atoms with Crippen molar-refractivity contribution >= 4 is 14.0 Å². The fourth-order valence-electron chi connectivity index (χ4n) is 2.13. The third-order valence-corrected chi connectivity index (χ3v) is 5.17. The third kappa shape index (κ3) is 5.08. The Morgan fingerprint density at radius 2 is 1.83 bits per heavy atom. The summed E-state index contributed by atoms with van der Waals surface area (Å²) >= 11 is 0. The number of ether oxygens (including phenoxy) is 2. The summed E-state index contributed by atoms with van der Waals surface area (Å²) in [5.74, 6) is -0.837. The molecule has 0 saturated heterocycles. The third-order valence-electron chi connectivity index (χ3n) is 3.47. The number of hydrogen-bond acceptors (Lipinski definition) is 3. The summed E-state index contributed by atoms with van der Waals surface area (Å²) < 4.78 is 11.0. The Balaban J connectivity index is 2.28. The maximum absolute atomic E-state index is 11.3. The maximum atomic E-state index is 11.3. The molecule has 0 atom stereocenters. The molecule has 0 radical (unpaired) electrons. The first-order chi connectivity index (χ1) is 8.36. The molecule has 106 valence electrons. The van der Waals surface area contributed by atoms with Gasteiger partial charge in [0.05, 0.1) is 0 Å². The quantitative estimate of drug-likeness (QED) is 0.440. The minimum Gasteiger partial charge on any atom is -0.479 e. The van der Waals surface area contributed by atoms with Gasteiger partial charge in [-0.15, -0.1) is 0 Å². The van der Waals surface area contributed by atoms with Crippen molar-refractivity contribution in [3.63, 3.8) is 0 Å². The first-order valence-corrected chi connectivity index (χ1v) is 10.5. The largest absolute Gasteiger partial charge is 0.479 e. The molecule has 1 rings (SSSR count). The molecule has 1 saturated carbocycles. The highest BCUT2D eigenvalue weighted by atomic mass is 28.3. The van der Waals surface area contributed by atoms with Crippen LogP contribution in [-0.2, 0) is 14.3 Å². The second-order valence-corrected chi connectivity index (χ2v) is 12.0. The van der Waals surface area contributed by atoms with Crippen LogP contribution in [0.3, 0.4) is 0 Å². The van der Waals surface area contributed by atoms with E-state index in [1.165, 1.54) is 0 Å². The number of hydrogen-bond donors (Lipinski definition) is 1. The molecule has 0 heterocycles. The monoisotopic (exact) mass is 274 g/mol. The highest BCUT2D eigenvalue weighted by Gasteiger charge is 2.40. The van der Waals surface area contributed by atoms with Gasteiger partial charge in [-0.2, -0.15) is 0 Å². The first kappa shape index (κ1) is 15.7. The fourth-order valence-corrected chi connectivity index (χ4v) is 2.89. The Morgan fingerprint density at radius 3 is 2.33 bits per heavy atom. The van der Waals surface area contributed by atoms with Crippen LogP contribution in [0.4, 0.5) is 0 Å². The number of rotatable bonds is 7. The zero-order valence-corrected chi connectivity index (χ0v) is 12.8. The van der Waals surface area contributed by atoms with Crippen LogP contribution >= 0.6 is 0 Å². The second kappa shape index (κ2) is 6.68. The minimum absolute atomic E-state index is 0.108. The van der Waals surface area contributed by atoms with Gasteiger partial charge >= 0.3 is 5.97 Å². The molecule has 0 unspecified atom stereocenters. The Bertz CT molecular complexity index is 267. The van der Waals surface area contributed by atoms with Gasteiger partial charge in [-0.25, -0.2) is 4.79 Å². The first-order valence-electron chi connectivity index (χ1n) is 6.81. The molecule has 1 fully saturated rings. The van der Waals surface area contributed by atoms with Crippen LogP contribution in [0.2, 0.25) is 25.7 Å². The van der Waals surface area contributed by atoms with Crippen molar-refractivity contribution in [3.05, 3.63) is 0 Å². The van der Waals surface area contributed by atoms with Gasteiger partial charge in [0, 0.05) is 14.7 Å². The standard InChI is InChI=1S/C13H26O4Si/c1-18(2,3)10-9-16-11-17-13(12(14)15)7-5-4-6-8-13/h4-11H2,1-3H3,(H,14,15). The van der Waals surface area contributed by atoms with Crippen molar-refractivity contribution in [1.29, 1.82) is 0 Å². The summed E-state index contributed by atoms with van der Waals surface area (Å²) in [5.41, 5.74) is -0.989. The molecule has 18 heavy (non-hydrogen) atoms. The van der Waals surface area contributed by atoms with Crippen molar-refractivity contribution in [2.24, 2.45) is 0 Å². The van der Waals surface area contributed by atoms with Gasteiger partial charge in [0.1, 0.15) is 6.79 Å². The molecule has 1 aliphatic carbocycles. The van der Waals surface area contributed by atoms with Gasteiger partial charge in [-0.3, -0.25) is 0 Å². The van der Waals surface area contributed by atoms with Crippen molar-refractivity contribution in [2.45, 2.75) is 63.4 Å². The van der Waals surface area contributed by atoms with E-state index in [9.17, 15) is 9.90 Å². The number of carboxylic acids is 1. The van der Waals surface area contributed by atoms with Gasteiger partial charge in [0.15, 0.2) is 5.60 Å². The zero-order chi connectivity index (χ0) is 13.6. The molecule has 0 amide bonds. The van der Waals surface area contributed by atoms with Crippen LogP contribution < -0.4 is 0 Å². The van der Waals surface area contributed by atoms with Crippen molar-refractivity contribution < 1.29 is 19.4 Å². The molecule has 1 N–H and O–H groups in total. The topological polar surface area (TPSA) is 55.8 Å². The van der Waals surface area contributed by atoms with E-state index in [4.69, 9.17) is 9.47 Å². The van der Waals surface area contributed by atoms with Crippen LogP contribution in [0.25, 0.3) is 0 Å². The highest BCUT2D eigenvalue weighted by Crippen LogP contribution is 2.31. The Kier molecular flexibility index (Phi) is 5.81. The van der Waals surface area contributed by atoms with Crippen molar-refractivity contribution in [2.75, 3.05) is 13.4 Å². The van der Waals surface area contributed by atoms with E-state index in [1.54, 1.807) is 0 Å². The van der Waals surface area contributed by atoms with Gasteiger partial charge in [0.25, 0.3) is 0 Å². The molecule has 0 aliphatic heterocycles. The Labute approximate surface area is 111 Å². The second-order valence-electron chi connectivity index (χ2n) is 6.34. The molecule has 4 nitrogen and oxygen atoms in total. The summed E-state index contributed by atoms with van der Waals surface area (Å²) in [6.07, 6.45) is 4.19. The summed E-state index contributed by atoms with van der Waals surface area (Å²) in [6.45, 7) is 7.65. The molecule has 0 aromatic carbocycles. The smallest absolute Gasteiger partial charge is 0.336 e. The predicted molar refractivity (Wildman–Crippen MR) is 73.5 cm³/mol. The summed E-state index contributed by atoms with van der Waals surface area (Å²) in [7, 11) is -1.08. The number of aliphatic carboxylic acids is 1. The minimum atomic E-state index is -1.08. The van der Waals surface area contributed by atoms with E-state index in [1.807, 2.05) is 0 Å². The molecule has 0 aromatic heterocycles. The van der Waals surface area contributed by atoms with Crippen molar-refractivity contribution in [3.8, 4) is 0 Å². The van der Waals surface area contributed by atoms with Gasteiger partial charge < -0.3 is 14.6 Å². The Hall–Kier alpha value is -0.393. The summed E-state index contributed by atoms with van der Waals surface area (Å²) in [4.78, 5) is 11.3. The normalized spacial score (nSPS) is 19.7. The predicted octanol–water partition coefficient (Wildman–Crippen LogP) is 3.10. The summed E-state index contributed by atoms with van der Waals surface area (Å²) in [6, 6.07) is 1.08. The SMILES string of the molecule is C[Si](C)(C)CCOCOC1(C(=O)O)CCCCC1. The molecular weight excluding hydrogens is 248 g/mol. The van der Waals surface area contributed by atoms with Crippen LogP contribution in [0.5, 0.6) is 0 Å². The van der Waals surface area contributed by atoms with E-state index in [0.717, 1.165) is 25.3 Å². The van der Waals surface area contributed by atoms with Crippen LogP contribution in [0.15, 0.2) is 0 Å². The molecular formula is C13H26O4Si. The van der Waals surface area contributed by atoms with E-state index >= 15 is 0 Å². The Morgan fingerprint density at radius 1 is 1.22 bits per heavy atom. The zero-order valence-electron chi connectivity index (χ0n) is 11.8. The van der Waals surface area contributed by atoms with Crippen LogP contribution in [0.1, 0.15) is 32.1 Å². The lowest BCUT2D eigenvalue weighted by atomic mass is 9.85. The van der Waals surface area contributed by atoms with Gasteiger partial charge in [0.2, 0.25) is 0 Å². The van der Waals surface area contributed by atoms with Gasteiger partial charge in [-0.1, -0.05) is 26.1 Å². The average Bonchev–Trinajstić information content (AvgIpc) is 2.28. The fraction of sp³-hybridized carbons (Fsp3) is 0.923. The van der Waals surface area contributed by atoms with E-state index < -0.39 is 19.6 Å². The van der Waals surface area contributed by atoms with E-state index in [2.05, 4.69) is 19.6 Å². The van der Waals surface area contributed by atoms with Gasteiger partial charge in [-0.05, 0) is 31.7 Å². The lowest BCUT2D eigenvalue weighted by Crippen LogP contribution is -2.44. The van der Waals surface area contributed by atoms with E-state index in [-0.39, 0.29) is 6.79 Å².